The van der Waals surface area contributed by atoms with Crippen LogP contribution in [-0.4, -0.2) is 40.1 Å². The molecule has 0 spiro atoms. The Morgan fingerprint density at radius 2 is 1.95 bits per heavy atom. The molecule has 5 heteroatoms. The summed E-state index contributed by atoms with van der Waals surface area (Å²) in [4.78, 5) is 13.3. The fraction of sp³-hybridized carbons (Fsp3) is 0.400. The predicted octanol–water partition coefficient (Wildman–Crippen LogP) is 1.02. The highest BCUT2D eigenvalue weighted by Crippen LogP contribution is 2.23. The number of hydrogen-bond acceptors (Lipinski definition) is 4. The molecule has 0 bridgehead atoms. The molecule has 0 saturated heterocycles. The van der Waals surface area contributed by atoms with Crippen molar-refractivity contribution in [3.8, 4) is 0 Å². The molecule has 20 heavy (non-hydrogen) atoms. The number of amides is 1. The minimum atomic E-state index is -1.31. The lowest BCUT2D eigenvalue weighted by Gasteiger charge is -2.23. The van der Waals surface area contributed by atoms with E-state index in [1.54, 1.807) is 6.92 Å². The monoisotopic (exact) mass is 277 g/mol. The maximum Gasteiger partial charge on any atom is 0.256 e. The van der Waals surface area contributed by atoms with E-state index in [1.807, 2.05) is 30.3 Å². The van der Waals surface area contributed by atoms with Crippen molar-refractivity contribution in [3.05, 3.63) is 47.0 Å². The first-order valence-electron chi connectivity index (χ1n) is 6.53. The molecular formula is C15H19NO4. The van der Waals surface area contributed by atoms with Gasteiger partial charge in [-0.2, -0.15) is 0 Å². The highest BCUT2D eigenvalue weighted by atomic mass is 16.6. The van der Waals surface area contributed by atoms with Crippen LogP contribution in [0.25, 0.3) is 0 Å². The molecule has 1 amide bonds. The van der Waals surface area contributed by atoms with Gasteiger partial charge in [0.25, 0.3) is 5.91 Å². The van der Waals surface area contributed by atoms with Gasteiger partial charge >= 0.3 is 0 Å². The molecule has 0 aliphatic carbocycles. The zero-order chi connectivity index (χ0) is 14.7. The Morgan fingerprint density at radius 3 is 2.50 bits per heavy atom. The zero-order valence-corrected chi connectivity index (χ0v) is 11.6. The fourth-order valence-corrected chi connectivity index (χ4v) is 2.30. The van der Waals surface area contributed by atoms with Crippen LogP contribution in [0.2, 0.25) is 0 Å². The standard InChI is InChI=1S/C15H19NO4/c1-10-8-16(14(18)13(10)11(2)17)15(19)20-9-12-6-4-3-5-7-12/h3-7,11,15,17,19H,8-9H2,1-2H3. The van der Waals surface area contributed by atoms with Crippen molar-refractivity contribution in [2.24, 2.45) is 0 Å². The van der Waals surface area contributed by atoms with Crippen molar-refractivity contribution in [3.63, 3.8) is 0 Å². The van der Waals surface area contributed by atoms with Gasteiger partial charge in [0.15, 0.2) is 0 Å². The summed E-state index contributed by atoms with van der Waals surface area (Å²) in [5.41, 5.74) is 2.01. The number of aliphatic hydroxyl groups is 2. The Hall–Kier alpha value is -1.69. The van der Waals surface area contributed by atoms with Crippen LogP contribution < -0.4 is 0 Å². The van der Waals surface area contributed by atoms with Crippen LogP contribution in [0, 0.1) is 0 Å². The van der Waals surface area contributed by atoms with Crippen molar-refractivity contribution >= 4 is 5.91 Å². The first-order chi connectivity index (χ1) is 9.50. The van der Waals surface area contributed by atoms with Gasteiger partial charge in [-0.25, -0.2) is 0 Å². The van der Waals surface area contributed by atoms with E-state index in [0.717, 1.165) is 11.1 Å². The summed E-state index contributed by atoms with van der Waals surface area (Å²) in [6.07, 6.45) is -2.15. The third-order valence-corrected chi connectivity index (χ3v) is 3.28. The van der Waals surface area contributed by atoms with Crippen LogP contribution in [0.5, 0.6) is 0 Å². The van der Waals surface area contributed by atoms with Gasteiger partial charge in [0, 0.05) is 12.1 Å². The van der Waals surface area contributed by atoms with Crippen molar-refractivity contribution in [1.29, 1.82) is 0 Å². The van der Waals surface area contributed by atoms with Gasteiger partial charge in [-0.3, -0.25) is 9.69 Å². The normalized spacial score (nSPS) is 18.6. The number of ether oxygens (including phenoxy) is 1. The van der Waals surface area contributed by atoms with Gasteiger partial charge in [-0.05, 0) is 25.0 Å². The van der Waals surface area contributed by atoms with Gasteiger partial charge in [-0.1, -0.05) is 30.3 Å². The van der Waals surface area contributed by atoms with Gasteiger partial charge in [0.2, 0.25) is 6.41 Å². The lowest BCUT2D eigenvalue weighted by molar-refractivity contribution is -0.198. The quantitative estimate of drug-likeness (QED) is 0.788. The summed E-state index contributed by atoms with van der Waals surface area (Å²) < 4.78 is 5.31. The maximum absolute atomic E-state index is 12.1. The van der Waals surface area contributed by atoms with Crippen molar-refractivity contribution < 1.29 is 19.7 Å². The Bertz CT molecular complexity index is 510. The lowest BCUT2D eigenvalue weighted by atomic mass is 10.1. The Morgan fingerprint density at radius 1 is 1.30 bits per heavy atom. The van der Waals surface area contributed by atoms with Crippen molar-refractivity contribution in [2.45, 2.75) is 33.0 Å². The summed E-state index contributed by atoms with van der Waals surface area (Å²) in [5, 5.41) is 19.5. The topological polar surface area (TPSA) is 70.0 Å². The number of nitrogens with zero attached hydrogens (tertiary/aromatic N) is 1. The smallest absolute Gasteiger partial charge is 0.256 e. The van der Waals surface area contributed by atoms with Crippen LogP contribution in [0.3, 0.4) is 0 Å². The van der Waals surface area contributed by atoms with Crippen LogP contribution in [0.15, 0.2) is 41.5 Å². The third-order valence-electron chi connectivity index (χ3n) is 3.28. The highest BCUT2D eigenvalue weighted by Gasteiger charge is 2.34. The maximum atomic E-state index is 12.1. The van der Waals surface area contributed by atoms with E-state index in [-0.39, 0.29) is 19.1 Å². The zero-order valence-electron chi connectivity index (χ0n) is 11.6. The van der Waals surface area contributed by atoms with E-state index in [9.17, 15) is 15.0 Å². The van der Waals surface area contributed by atoms with E-state index >= 15 is 0 Å². The lowest BCUT2D eigenvalue weighted by Crippen LogP contribution is -2.40. The van der Waals surface area contributed by atoms with Crippen LogP contribution in [0.1, 0.15) is 19.4 Å². The van der Waals surface area contributed by atoms with Crippen molar-refractivity contribution in [1.82, 2.24) is 4.90 Å². The molecule has 5 nitrogen and oxygen atoms in total. The molecular weight excluding hydrogens is 258 g/mol. The van der Waals surface area contributed by atoms with E-state index in [2.05, 4.69) is 0 Å². The summed E-state index contributed by atoms with van der Waals surface area (Å²) in [6.45, 7) is 3.80. The molecule has 2 atom stereocenters. The molecule has 0 aromatic heterocycles. The van der Waals surface area contributed by atoms with Gasteiger partial charge in [-0.15, -0.1) is 0 Å². The van der Waals surface area contributed by atoms with Gasteiger partial charge in [0.1, 0.15) is 0 Å². The van der Waals surface area contributed by atoms with Crippen LogP contribution in [-0.2, 0) is 16.1 Å². The second-order valence-electron chi connectivity index (χ2n) is 4.93. The summed E-state index contributed by atoms with van der Waals surface area (Å²) in [6, 6.07) is 9.41. The molecule has 1 aromatic carbocycles. The van der Waals surface area contributed by atoms with Crippen molar-refractivity contribution in [2.75, 3.05) is 6.54 Å². The second kappa shape index (κ2) is 6.17. The van der Waals surface area contributed by atoms with E-state index in [1.165, 1.54) is 11.8 Å². The molecule has 1 aliphatic rings. The van der Waals surface area contributed by atoms with Gasteiger partial charge in [0.05, 0.1) is 12.7 Å². The number of rotatable bonds is 5. The molecule has 1 heterocycles. The molecule has 108 valence electrons. The molecule has 1 aliphatic heterocycles. The Balaban J connectivity index is 1.95. The van der Waals surface area contributed by atoms with Crippen LogP contribution >= 0.6 is 0 Å². The summed E-state index contributed by atoms with van der Waals surface area (Å²) in [5.74, 6) is -0.377. The molecule has 0 fully saturated rings. The largest absolute Gasteiger partial charge is 0.389 e. The predicted molar refractivity (Wildman–Crippen MR) is 73.3 cm³/mol. The third kappa shape index (κ3) is 3.07. The number of benzene rings is 1. The van der Waals surface area contributed by atoms with Gasteiger partial charge < -0.3 is 14.9 Å². The molecule has 0 saturated carbocycles. The van der Waals surface area contributed by atoms with E-state index < -0.39 is 12.5 Å². The minimum Gasteiger partial charge on any atom is -0.389 e. The Kier molecular flexibility index (Phi) is 4.54. The van der Waals surface area contributed by atoms with E-state index in [4.69, 9.17) is 4.74 Å². The second-order valence-corrected chi connectivity index (χ2v) is 4.93. The molecule has 2 unspecified atom stereocenters. The fourth-order valence-electron chi connectivity index (χ4n) is 2.30. The minimum absolute atomic E-state index is 0.217. The number of carbonyl (C=O) groups is 1. The average Bonchev–Trinajstić information content (AvgIpc) is 2.72. The average molecular weight is 277 g/mol. The molecule has 2 N–H and O–H groups in total. The summed E-state index contributed by atoms with van der Waals surface area (Å²) in [7, 11) is 0. The molecule has 1 aromatic rings. The first kappa shape index (κ1) is 14.7. The van der Waals surface area contributed by atoms with E-state index in [0.29, 0.717) is 5.57 Å². The number of aliphatic hydroxyl groups excluding tert-OH is 2. The SMILES string of the molecule is CC1=C(C(C)O)C(=O)N(C(O)OCc2ccccc2)C1. The molecule has 0 radical (unpaired) electrons. The first-order valence-corrected chi connectivity index (χ1v) is 6.53. The number of carbonyl (C=O) groups excluding carboxylic acids is 1. The highest BCUT2D eigenvalue weighted by molar-refractivity contribution is 5.97. The number of hydrogen-bond donors (Lipinski definition) is 2. The Labute approximate surface area is 118 Å². The summed E-state index contributed by atoms with van der Waals surface area (Å²) >= 11 is 0. The van der Waals surface area contributed by atoms with Crippen LogP contribution in [0.4, 0.5) is 0 Å². The molecule has 2 rings (SSSR count).